The van der Waals surface area contributed by atoms with Gasteiger partial charge in [-0.25, -0.2) is 0 Å². The van der Waals surface area contributed by atoms with Crippen molar-refractivity contribution in [2.24, 2.45) is 5.92 Å². The zero-order valence-electron chi connectivity index (χ0n) is 9.95. The molecule has 0 aliphatic rings. The molecule has 0 aromatic carbocycles. The van der Waals surface area contributed by atoms with Crippen LogP contribution in [0.3, 0.4) is 0 Å². The lowest BCUT2D eigenvalue weighted by atomic mass is 10.1. The molecule has 8 heteroatoms. The molecule has 1 rings (SSSR count). The number of alkyl halides is 3. The van der Waals surface area contributed by atoms with Crippen molar-refractivity contribution in [1.29, 1.82) is 0 Å². The highest BCUT2D eigenvalue weighted by Gasteiger charge is 2.27. The molecule has 1 aromatic heterocycles. The molecule has 1 heterocycles. The fraction of sp³-hybridized carbons (Fsp3) is 0.700. The summed E-state index contributed by atoms with van der Waals surface area (Å²) in [5.41, 5.74) is 0. The van der Waals surface area contributed by atoms with E-state index in [-0.39, 0.29) is 29.8 Å². The maximum atomic E-state index is 11.8. The van der Waals surface area contributed by atoms with Crippen LogP contribution in [0.2, 0.25) is 0 Å². The Morgan fingerprint density at radius 3 is 2.67 bits per heavy atom. The minimum atomic E-state index is -4.39. The van der Waals surface area contributed by atoms with Crippen LogP contribution < -0.4 is 0 Å². The molecule has 18 heavy (non-hydrogen) atoms. The predicted octanol–water partition coefficient (Wildman–Crippen LogP) is 1.92. The van der Waals surface area contributed by atoms with E-state index < -0.39 is 19.4 Å². The average Bonchev–Trinajstić information content (AvgIpc) is 2.63. The standard InChI is InChI=1S/C10H13F3N2O3/c1-6(2)7(16)3-9-14-8(15-18-9)4-17-5-10(11,12)13/h6H,3-5H2,1-2H3. The topological polar surface area (TPSA) is 65.2 Å². The van der Waals surface area contributed by atoms with Gasteiger partial charge in [0.2, 0.25) is 5.89 Å². The molecule has 102 valence electrons. The molecule has 0 saturated heterocycles. The van der Waals surface area contributed by atoms with Crippen molar-refractivity contribution in [2.45, 2.75) is 33.1 Å². The third kappa shape index (κ3) is 5.26. The summed E-state index contributed by atoms with van der Waals surface area (Å²) < 4.78 is 44.5. The number of ketones is 1. The van der Waals surface area contributed by atoms with Gasteiger partial charge in [-0.1, -0.05) is 19.0 Å². The molecule has 0 atom stereocenters. The van der Waals surface area contributed by atoms with Crippen molar-refractivity contribution in [1.82, 2.24) is 10.1 Å². The summed E-state index contributed by atoms with van der Waals surface area (Å²) in [7, 11) is 0. The third-order valence-electron chi connectivity index (χ3n) is 1.98. The van der Waals surface area contributed by atoms with E-state index in [4.69, 9.17) is 4.52 Å². The number of nitrogens with zero attached hydrogens (tertiary/aromatic N) is 2. The van der Waals surface area contributed by atoms with Gasteiger partial charge in [-0.05, 0) is 0 Å². The van der Waals surface area contributed by atoms with Crippen LogP contribution in [-0.4, -0.2) is 28.7 Å². The highest BCUT2D eigenvalue weighted by molar-refractivity contribution is 5.81. The van der Waals surface area contributed by atoms with Crippen LogP contribution in [0.1, 0.15) is 25.6 Å². The molecule has 0 fully saturated rings. The van der Waals surface area contributed by atoms with Crippen LogP contribution >= 0.6 is 0 Å². The van der Waals surface area contributed by atoms with Gasteiger partial charge in [0.05, 0.1) is 6.42 Å². The maximum Gasteiger partial charge on any atom is 0.411 e. The van der Waals surface area contributed by atoms with Gasteiger partial charge in [-0.15, -0.1) is 0 Å². The molecule has 0 radical (unpaired) electrons. The Morgan fingerprint density at radius 1 is 1.44 bits per heavy atom. The van der Waals surface area contributed by atoms with E-state index >= 15 is 0 Å². The van der Waals surface area contributed by atoms with E-state index in [9.17, 15) is 18.0 Å². The average molecular weight is 266 g/mol. The lowest BCUT2D eigenvalue weighted by molar-refractivity contribution is -0.177. The van der Waals surface area contributed by atoms with E-state index in [2.05, 4.69) is 14.9 Å². The Balaban J connectivity index is 2.41. The van der Waals surface area contributed by atoms with E-state index in [1.54, 1.807) is 13.8 Å². The molecule has 1 aromatic rings. The van der Waals surface area contributed by atoms with Crippen molar-refractivity contribution in [2.75, 3.05) is 6.61 Å². The summed E-state index contributed by atoms with van der Waals surface area (Å²) in [4.78, 5) is 15.1. The number of rotatable bonds is 6. The fourth-order valence-corrected chi connectivity index (χ4v) is 1.03. The van der Waals surface area contributed by atoms with Gasteiger partial charge in [-0.3, -0.25) is 4.79 Å². The molecule has 0 unspecified atom stereocenters. The van der Waals surface area contributed by atoms with Crippen molar-refractivity contribution in [3.05, 3.63) is 11.7 Å². The number of halogens is 3. The molecular formula is C10H13F3N2O3. The number of ether oxygens (including phenoxy) is 1. The second kappa shape index (κ2) is 5.94. The summed E-state index contributed by atoms with van der Waals surface area (Å²) >= 11 is 0. The number of hydrogen-bond donors (Lipinski definition) is 0. The molecule has 0 N–H and O–H groups in total. The van der Waals surface area contributed by atoms with Gasteiger partial charge in [0.15, 0.2) is 5.82 Å². The quantitative estimate of drug-likeness (QED) is 0.787. The minimum absolute atomic E-state index is 0.00851. The number of carbonyl (C=O) groups excluding carboxylic acids is 1. The van der Waals surface area contributed by atoms with Crippen LogP contribution in [0.25, 0.3) is 0 Å². The maximum absolute atomic E-state index is 11.8. The Hall–Kier alpha value is -1.44. The van der Waals surface area contributed by atoms with Gasteiger partial charge in [0.25, 0.3) is 0 Å². The second-order valence-corrected chi connectivity index (χ2v) is 4.01. The Morgan fingerprint density at radius 2 is 2.11 bits per heavy atom. The minimum Gasteiger partial charge on any atom is -0.364 e. The van der Waals surface area contributed by atoms with Crippen LogP contribution in [0.15, 0.2) is 4.52 Å². The first-order chi connectivity index (χ1) is 8.28. The Kier molecular flexibility index (Phi) is 4.83. The number of carbonyl (C=O) groups is 1. The van der Waals surface area contributed by atoms with Crippen LogP contribution in [-0.2, 0) is 22.6 Å². The lowest BCUT2D eigenvalue weighted by Crippen LogP contribution is -2.17. The van der Waals surface area contributed by atoms with E-state index in [0.29, 0.717) is 0 Å². The Labute approximate surface area is 101 Å². The van der Waals surface area contributed by atoms with Gasteiger partial charge in [0, 0.05) is 5.92 Å². The number of hydrogen-bond acceptors (Lipinski definition) is 5. The fourth-order valence-electron chi connectivity index (χ4n) is 1.03. The molecular weight excluding hydrogens is 253 g/mol. The molecule has 0 aliphatic carbocycles. The number of Topliss-reactive ketones (excluding diaryl/α,β-unsaturated/α-hetero) is 1. The van der Waals surface area contributed by atoms with E-state index in [0.717, 1.165) is 0 Å². The lowest BCUT2D eigenvalue weighted by Gasteiger charge is -2.04. The van der Waals surface area contributed by atoms with Gasteiger partial charge in [0.1, 0.15) is 19.0 Å². The van der Waals surface area contributed by atoms with Crippen molar-refractivity contribution < 1.29 is 27.2 Å². The van der Waals surface area contributed by atoms with Crippen molar-refractivity contribution >= 4 is 5.78 Å². The van der Waals surface area contributed by atoms with Gasteiger partial charge in [-0.2, -0.15) is 18.2 Å². The highest BCUT2D eigenvalue weighted by atomic mass is 19.4. The summed E-state index contributed by atoms with van der Waals surface area (Å²) in [6.45, 7) is 1.68. The zero-order valence-corrected chi connectivity index (χ0v) is 9.95. The van der Waals surface area contributed by atoms with Crippen molar-refractivity contribution in [3.8, 4) is 0 Å². The predicted molar refractivity (Wildman–Crippen MR) is 53.6 cm³/mol. The van der Waals surface area contributed by atoms with Crippen molar-refractivity contribution in [3.63, 3.8) is 0 Å². The summed E-state index contributed by atoms with van der Waals surface area (Å²) in [5, 5.41) is 3.42. The molecule has 0 aliphatic heterocycles. The van der Waals surface area contributed by atoms with E-state index in [1.165, 1.54) is 0 Å². The zero-order chi connectivity index (χ0) is 13.8. The van der Waals surface area contributed by atoms with Crippen LogP contribution in [0.5, 0.6) is 0 Å². The molecule has 0 amide bonds. The number of aromatic nitrogens is 2. The smallest absolute Gasteiger partial charge is 0.364 e. The van der Waals surface area contributed by atoms with Crippen LogP contribution in [0, 0.1) is 5.92 Å². The van der Waals surface area contributed by atoms with Gasteiger partial charge < -0.3 is 9.26 Å². The largest absolute Gasteiger partial charge is 0.411 e. The molecule has 0 saturated carbocycles. The van der Waals surface area contributed by atoms with Crippen LogP contribution in [0.4, 0.5) is 13.2 Å². The SMILES string of the molecule is CC(C)C(=O)Cc1nc(COCC(F)(F)F)no1. The molecule has 0 spiro atoms. The normalized spacial score (nSPS) is 12.1. The first-order valence-corrected chi connectivity index (χ1v) is 5.26. The van der Waals surface area contributed by atoms with E-state index in [1.807, 2.05) is 0 Å². The second-order valence-electron chi connectivity index (χ2n) is 4.01. The first kappa shape index (κ1) is 14.6. The van der Waals surface area contributed by atoms with Gasteiger partial charge >= 0.3 is 6.18 Å². The molecule has 5 nitrogen and oxygen atoms in total. The molecule has 0 bridgehead atoms. The first-order valence-electron chi connectivity index (χ1n) is 5.26. The summed E-state index contributed by atoms with van der Waals surface area (Å²) in [5.74, 6) is -0.173. The summed E-state index contributed by atoms with van der Waals surface area (Å²) in [6, 6.07) is 0. The highest BCUT2D eigenvalue weighted by Crippen LogP contribution is 2.15. The summed E-state index contributed by atoms with van der Waals surface area (Å²) in [6.07, 6.45) is -4.41. The third-order valence-corrected chi connectivity index (χ3v) is 1.98. The Bertz CT molecular complexity index is 401. The monoisotopic (exact) mass is 266 g/mol.